The minimum absolute atomic E-state index is 0.0435. The predicted molar refractivity (Wildman–Crippen MR) is 58.6 cm³/mol. The zero-order valence-corrected chi connectivity index (χ0v) is 9.95. The Labute approximate surface area is 99.0 Å². The molecule has 16 heavy (non-hydrogen) atoms. The number of nitrogens with one attached hydrogen (secondary N) is 1. The van der Waals surface area contributed by atoms with Crippen molar-refractivity contribution in [3.8, 4) is 0 Å². The average molecular weight is 296 g/mol. The summed E-state index contributed by atoms with van der Waals surface area (Å²) in [6.45, 7) is 1.56. The summed E-state index contributed by atoms with van der Waals surface area (Å²) in [6, 6.07) is 3.77. The monoisotopic (exact) mass is 295 g/mol. The van der Waals surface area contributed by atoms with Gasteiger partial charge in [0.25, 0.3) is 0 Å². The number of alkyl halides is 4. The molecule has 1 aromatic carbocycles. The molecular formula is C10H9BrF3NO. The SMILES string of the molecule is Cc1ccc(NC(=O)CBr)c(C(F)(F)F)c1. The number of aryl methyl sites for hydroxylation is 1. The van der Waals surface area contributed by atoms with E-state index in [1.165, 1.54) is 12.1 Å². The zero-order chi connectivity index (χ0) is 12.3. The van der Waals surface area contributed by atoms with Crippen molar-refractivity contribution in [1.29, 1.82) is 0 Å². The molecule has 0 aliphatic heterocycles. The summed E-state index contributed by atoms with van der Waals surface area (Å²) in [7, 11) is 0. The van der Waals surface area contributed by atoms with Crippen LogP contribution in [0, 0.1) is 6.92 Å². The summed E-state index contributed by atoms with van der Waals surface area (Å²) >= 11 is 2.87. The lowest BCUT2D eigenvalue weighted by molar-refractivity contribution is -0.137. The van der Waals surface area contributed by atoms with Crippen molar-refractivity contribution in [2.75, 3.05) is 10.6 Å². The van der Waals surface area contributed by atoms with E-state index in [1.807, 2.05) is 0 Å². The highest BCUT2D eigenvalue weighted by atomic mass is 79.9. The van der Waals surface area contributed by atoms with Gasteiger partial charge in [-0.2, -0.15) is 13.2 Å². The molecule has 0 spiro atoms. The molecule has 1 rings (SSSR count). The van der Waals surface area contributed by atoms with Crippen LogP contribution in [0.5, 0.6) is 0 Å². The molecule has 0 saturated heterocycles. The van der Waals surface area contributed by atoms with Gasteiger partial charge in [0, 0.05) is 0 Å². The Balaban J connectivity index is 3.13. The summed E-state index contributed by atoms with van der Waals surface area (Å²) in [6.07, 6.45) is -4.47. The minimum Gasteiger partial charge on any atom is -0.325 e. The highest BCUT2D eigenvalue weighted by Crippen LogP contribution is 2.35. The average Bonchev–Trinajstić information content (AvgIpc) is 2.19. The van der Waals surface area contributed by atoms with Gasteiger partial charge in [0.1, 0.15) is 0 Å². The normalized spacial score (nSPS) is 11.3. The second-order valence-electron chi connectivity index (χ2n) is 3.23. The number of benzene rings is 1. The summed E-state index contributed by atoms with van der Waals surface area (Å²) in [5.74, 6) is -0.519. The number of carbonyl (C=O) groups excluding carboxylic acids is 1. The van der Waals surface area contributed by atoms with Gasteiger partial charge in [-0.15, -0.1) is 0 Å². The molecule has 6 heteroatoms. The fourth-order valence-electron chi connectivity index (χ4n) is 1.19. The van der Waals surface area contributed by atoms with Crippen molar-refractivity contribution in [2.24, 2.45) is 0 Å². The van der Waals surface area contributed by atoms with Crippen LogP contribution in [0.1, 0.15) is 11.1 Å². The number of hydrogen-bond acceptors (Lipinski definition) is 1. The molecule has 0 aromatic heterocycles. The minimum atomic E-state index is -4.47. The highest BCUT2D eigenvalue weighted by molar-refractivity contribution is 9.09. The van der Waals surface area contributed by atoms with E-state index in [9.17, 15) is 18.0 Å². The second kappa shape index (κ2) is 4.86. The molecule has 1 N–H and O–H groups in total. The Morgan fingerprint density at radius 3 is 2.56 bits per heavy atom. The molecule has 0 saturated carbocycles. The molecule has 0 bridgehead atoms. The van der Waals surface area contributed by atoms with Crippen LogP contribution in [0.25, 0.3) is 0 Å². The zero-order valence-electron chi connectivity index (χ0n) is 8.36. The van der Waals surface area contributed by atoms with Gasteiger partial charge < -0.3 is 5.32 Å². The fourth-order valence-corrected chi connectivity index (χ4v) is 1.33. The Hall–Kier alpha value is -1.04. The lowest BCUT2D eigenvalue weighted by Gasteiger charge is -2.13. The van der Waals surface area contributed by atoms with Crippen LogP contribution < -0.4 is 5.32 Å². The van der Waals surface area contributed by atoms with E-state index < -0.39 is 17.6 Å². The number of carbonyl (C=O) groups is 1. The first kappa shape index (κ1) is 13.0. The van der Waals surface area contributed by atoms with Gasteiger partial charge >= 0.3 is 6.18 Å². The van der Waals surface area contributed by atoms with Gasteiger partial charge in [-0.25, -0.2) is 0 Å². The first-order valence-corrected chi connectivity index (χ1v) is 5.50. The fraction of sp³-hybridized carbons (Fsp3) is 0.300. The molecular weight excluding hydrogens is 287 g/mol. The maximum absolute atomic E-state index is 12.6. The molecule has 0 heterocycles. The van der Waals surface area contributed by atoms with Crippen molar-refractivity contribution in [3.05, 3.63) is 29.3 Å². The van der Waals surface area contributed by atoms with Crippen LogP contribution in [-0.4, -0.2) is 11.2 Å². The first-order chi connectivity index (χ1) is 7.34. The number of rotatable bonds is 2. The molecule has 0 aliphatic carbocycles. The van der Waals surface area contributed by atoms with E-state index in [4.69, 9.17) is 0 Å². The van der Waals surface area contributed by atoms with Crippen molar-refractivity contribution >= 4 is 27.5 Å². The van der Waals surface area contributed by atoms with Crippen molar-refractivity contribution in [1.82, 2.24) is 0 Å². The maximum Gasteiger partial charge on any atom is 0.418 e. The van der Waals surface area contributed by atoms with Crippen LogP contribution >= 0.6 is 15.9 Å². The van der Waals surface area contributed by atoms with Gasteiger partial charge in [-0.1, -0.05) is 27.6 Å². The van der Waals surface area contributed by atoms with E-state index in [0.29, 0.717) is 5.56 Å². The quantitative estimate of drug-likeness (QED) is 0.833. The van der Waals surface area contributed by atoms with E-state index in [2.05, 4.69) is 21.2 Å². The Kier molecular flexibility index (Phi) is 3.96. The van der Waals surface area contributed by atoms with Crippen molar-refractivity contribution < 1.29 is 18.0 Å². The lowest BCUT2D eigenvalue weighted by Crippen LogP contribution is -2.17. The van der Waals surface area contributed by atoms with Crippen LogP contribution in [0.2, 0.25) is 0 Å². The van der Waals surface area contributed by atoms with E-state index in [1.54, 1.807) is 6.92 Å². The van der Waals surface area contributed by atoms with Crippen LogP contribution in [0.3, 0.4) is 0 Å². The molecule has 0 atom stereocenters. The van der Waals surface area contributed by atoms with Gasteiger partial charge in [-0.05, 0) is 19.1 Å². The topological polar surface area (TPSA) is 29.1 Å². The van der Waals surface area contributed by atoms with Crippen molar-refractivity contribution in [3.63, 3.8) is 0 Å². The van der Waals surface area contributed by atoms with Crippen LogP contribution in [0.15, 0.2) is 18.2 Å². The van der Waals surface area contributed by atoms with Crippen molar-refractivity contribution in [2.45, 2.75) is 13.1 Å². The number of anilines is 1. The third-order valence-corrected chi connectivity index (χ3v) is 2.39. The van der Waals surface area contributed by atoms with Gasteiger partial charge in [0.15, 0.2) is 0 Å². The molecule has 0 fully saturated rings. The summed E-state index contributed by atoms with van der Waals surface area (Å²) in [4.78, 5) is 11.0. The first-order valence-electron chi connectivity index (χ1n) is 4.38. The summed E-state index contributed by atoms with van der Waals surface area (Å²) in [5, 5.41) is 2.14. The van der Waals surface area contributed by atoms with Crippen LogP contribution in [-0.2, 0) is 11.0 Å². The molecule has 0 aliphatic rings. The van der Waals surface area contributed by atoms with Gasteiger partial charge in [0.05, 0.1) is 16.6 Å². The number of hydrogen-bond donors (Lipinski definition) is 1. The van der Waals surface area contributed by atoms with Crippen LogP contribution in [0.4, 0.5) is 18.9 Å². The number of halogens is 4. The highest BCUT2D eigenvalue weighted by Gasteiger charge is 2.33. The van der Waals surface area contributed by atoms with Gasteiger partial charge in [-0.3, -0.25) is 4.79 Å². The van der Waals surface area contributed by atoms with E-state index in [-0.39, 0.29) is 11.0 Å². The van der Waals surface area contributed by atoms with Gasteiger partial charge in [0.2, 0.25) is 5.91 Å². The Bertz CT molecular complexity index is 404. The second-order valence-corrected chi connectivity index (χ2v) is 3.79. The smallest absolute Gasteiger partial charge is 0.325 e. The Morgan fingerprint density at radius 2 is 2.06 bits per heavy atom. The van der Waals surface area contributed by atoms with E-state index in [0.717, 1.165) is 6.07 Å². The molecule has 0 radical (unpaired) electrons. The molecule has 1 amide bonds. The molecule has 1 aromatic rings. The predicted octanol–water partition coefficient (Wildman–Crippen LogP) is 3.35. The third kappa shape index (κ3) is 3.23. The number of amides is 1. The Morgan fingerprint density at radius 1 is 1.44 bits per heavy atom. The third-order valence-electron chi connectivity index (χ3n) is 1.88. The maximum atomic E-state index is 12.6. The molecule has 88 valence electrons. The van der Waals surface area contributed by atoms with E-state index >= 15 is 0 Å². The lowest BCUT2D eigenvalue weighted by atomic mass is 10.1. The largest absolute Gasteiger partial charge is 0.418 e. The molecule has 2 nitrogen and oxygen atoms in total. The molecule has 0 unspecified atom stereocenters. The standard InChI is InChI=1S/C10H9BrF3NO/c1-6-2-3-8(15-9(16)5-11)7(4-6)10(12,13)14/h2-4H,5H2,1H3,(H,15,16). The summed E-state index contributed by atoms with van der Waals surface area (Å²) in [5.41, 5.74) is -0.562. The summed E-state index contributed by atoms with van der Waals surface area (Å²) < 4.78 is 37.9.